The Morgan fingerprint density at radius 3 is 2.07 bits per heavy atom. The van der Waals surface area contributed by atoms with Gasteiger partial charge in [-0.05, 0) is 42.0 Å². The van der Waals surface area contributed by atoms with E-state index >= 15 is 0 Å². The molecule has 7 N–H and O–H groups in total. The first-order valence-corrected chi connectivity index (χ1v) is 14.8. The number of carboxylic acids is 1. The third-order valence-electron chi connectivity index (χ3n) is 6.25. The van der Waals surface area contributed by atoms with E-state index in [1.165, 1.54) is 23.9 Å². The number of urea groups is 1. The van der Waals surface area contributed by atoms with Gasteiger partial charge in [0.05, 0.1) is 0 Å². The van der Waals surface area contributed by atoms with E-state index in [0.717, 1.165) is 10.5 Å². The van der Waals surface area contributed by atoms with E-state index in [-0.39, 0.29) is 19.0 Å². The Hall–Kier alpha value is -4.12. The fourth-order valence-electron chi connectivity index (χ4n) is 3.56. The van der Waals surface area contributed by atoms with E-state index in [1.54, 1.807) is 24.3 Å². The van der Waals surface area contributed by atoms with Gasteiger partial charge in [-0.2, -0.15) is 24.9 Å². The first-order chi connectivity index (χ1) is 20.6. The molecule has 0 radical (unpaired) electrons. The summed E-state index contributed by atoms with van der Waals surface area (Å²) in [6.45, 7) is 4.21. The number of alkyl halides is 3. The number of aliphatic carboxylic acids is 1. The van der Waals surface area contributed by atoms with Crippen LogP contribution in [0.3, 0.4) is 0 Å². The quantitative estimate of drug-likeness (QED) is 0.162. The first kappa shape index (κ1) is 37.9. The molecule has 244 valence electrons. The summed E-state index contributed by atoms with van der Waals surface area (Å²) in [7, 11) is 0. The van der Waals surface area contributed by atoms with Crippen molar-refractivity contribution < 1.29 is 47.0 Å². The Morgan fingerprint density at radius 1 is 1.02 bits per heavy atom. The number of hydrogen-bond donors (Lipinski definition) is 6. The highest BCUT2D eigenvalue weighted by atomic mass is 32.2. The average Bonchev–Trinajstić information content (AvgIpc) is 3.29. The third kappa shape index (κ3) is 13.0. The van der Waals surface area contributed by atoms with Crippen molar-refractivity contribution in [2.24, 2.45) is 11.7 Å². The van der Waals surface area contributed by atoms with Gasteiger partial charge in [0.15, 0.2) is 0 Å². The molecule has 0 spiro atoms. The Balaban J connectivity index is 0.00000123. The van der Waals surface area contributed by atoms with Gasteiger partial charge in [-0.3, -0.25) is 24.1 Å². The average molecular weight is 647 g/mol. The molecule has 0 saturated carbocycles. The second-order valence-corrected chi connectivity index (χ2v) is 10.4. The van der Waals surface area contributed by atoms with Gasteiger partial charge in [0.2, 0.25) is 11.8 Å². The molecule has 1 aromatic rings. The van der Waals surface area contributed by atoms with Crippen LogP contribution in [-0.4, -0.2) is 89.0 Å². The van der Waals surface area contributed by atoms with E-state index in [1.807, 2.05) is 20.1 Å². The maximum atomic E-state index is 13.2. The molecule has 0 fully saturated rings. The van der Waals surface area contributed by atoms with Gasteiger partial charge < -0.3 is 32.1 Å². The van der Waals surface area contributed by atoms with Crippen LogP contribution in [0.4, 0.5) is 23.7 Å². The molecule has 1 aromatic carbocycles. The molecule has 1 aliphatic rings. The zero-order chi connectivity index (χ0) is 33.4. The van der Waals surface area contributed by atoms with Gasteiger partial charge in [0.25, 0.3) is 11.8 Å². The number of halogens is 3. The maximum Gasteiger partial charge on any atom is 0.490 e. The van der Waals surface area contributed by atoms with Crippen LogP contribution in [0.5, 0.6) is 0 Å². The van der Waals surface area contributed by atoms with Crippen molar-refractivity contribution in [2.45, 2.75) is 51.5 Å². The number of thioether (sulfide) groups is 1. The number of rotatable bonds is 14. The number of anilines is 1. The minimum atomic E-state index is -5.08. The Morgan fingerprint density at radius 2 is 1.59 bits per heavy atom. The van der Waals surface area contributed by atoms with Crippen molar-refractivity contribution in [1.82, 2.24) is 20.9 Å². The summed E-state index contributed by atoms with van der Waals surface area (Å²) in [5, 5.41) is 18.0. The minimum absolute atomic E-state index is 0.0297. The van der Waals surface area contributed by atoms with Gasteiger partial charge in [0, 0.05) is 37.5 Å². The van der Waals surface area contributed by atoms with Crippen LogP contribution in [0.25, 0.3) is 0 Å². The van der Waals surface area contributed by atoms with E-state index in [9.17, 15) is 37.1 Å². The smallest absolute Gasteiger partial charge is 0.475 e. The number of nitrogens with two attached hydrogens (primary N) is 1. The standard InChI is InChI=1S/C25H36N6O5S.C2HF3O2/c1-4-16(2)22(24(35)27-12-13-31-20(32)9-10-21(31)33)30-23(34)19(11-14-37-3)29-25(36)28-18-7-5-17(15-26)6-8-18;3-2(4,5)1(6)7/h5-10,16,19,22H,4,11-15,26H2,1-3H3,(H,27,35)(H,30,34)(H2,28,29,36);(H,6,7)/t16-,19-,22-;/m0./s1. The van der Waals surface area contributed by atoms with E-state index < -0.39 is 53.9 Å². The van der Waals surface area contributed by atoms with Crippen molar-refractivity contribution in [3.05, 3.63) is 42.0 Å². The lowest BCUT2D eigenvalue weighted by atomic mass is 9.97. The molecular formula is C27H37F3N6O7S. The largest absolute Gasteiger partial charge is 0.490 e. The molecule has 2 rings (SSSR count). The second kappa shape index (κ2) is 18.5. The lowest BCUT2D eigenvalue weighted by Crippen LogP contribution is -2.56. The molecular weight excluding hydrogens is 609 g/mol. The summed E-state index contributed by atoms with van der Waals surface area (Å²) in [5.74, 6) is -4.09. The fraction of sp³-hybridized carbons (Fsp3) is 0.481. The topological polar surface area (TPSA) is 200 Å². The van der Waals surface area contributed by atoms with Crippen molar-refractivity contribution in [3.8, 4) is 0 Å². The van der Waals surface area contributed by atoms with Gasteiger partial charge >= 0.3 is 18.2 Å². The summed E-state index contributed by atoms with van der Waals surface area (Å²) in [4.78, 5) is 72.0. The van der Waals surface area contributed by atoms with Crippen LogP contribution in [0, 0.1) is 5.92 Å². The molecule has 0 bridgehead atoms. The summed E-state index contributed by atoms with van der Waals surface area (Å²) < 4.78 is 31.7. The van der Waals surface area contributed by atoms with E-state index in [4.69, 9.17) is 15.6 Å². The highest BCUT2D eigenvalue weighted by Crippen LogP contribution is 2.13. The minimum Gasteiger partial charge on any atom is -0.475 e. The number of carboxylic acid groups (broad SMARTS) is 1. The summed E-state index contributed by atoms with van der Waals surface area (Å²) in [6, 6.07) is 4.79. The van der Waals surface area contributed by atoms with Gasteiger partial charge in [-0.15, -0.1) is 0 Å². The molecule has 1 aliphatic heterocycles. The molecule has 0 aliphatic carbocycles. The third-order valence-corrected chi connectivity index (χ3v) is 6.89. The number of benzene rings is 1. The van der Waals surface area contributed by atoms with E-state index in [2.05, 4.69) is 21.3 Å². The highest BCUT2D eigenvalue weighted by Gasteiger charge is 2.38. The van der Waals surface area contributed by atoms with Gasteiger partial charge in [-0.1, -0.05) is 32.4 Å². The van der Waals surface area contributed by atoms with Crippen molar-refractivity contribution >= 4 is 53.1 Å². The number of imide groups is 1. The summed E-state index contributed by atoms with van der Waals surface area (Å²) >= 11 is 1.53. The zero-order valence-electron chi connectivity index (χ0n) is 24.4. The van der Waals surface area contributed by atoms with Crippen molar-refractivity contribution in [2.75, 3.05) is 30.4 Å². The van der Waals surface area contributed by atoms with Crippen LogP contribution >= 0.6 is 11.8 Å². The van der Waals surface area contributed by atoms with Crippen LogP contribution < -0.4 is 27.0 Å². The highest BCUT2D eigenvalue weighted by molar-refractivity contribution is 7.98. The number of carbonyl (C=O) groups excluding carboxylic acids is 5. The van der Waals surface area contributed by atoms with Crippen LogP contribution in [-0.2, 0) is 30.5 Å². The zero-order valence-corrected chi connectivity index (χ0v) is 25.2. The summed E-state index contributed by atoms with van der Waals surface area (Å²) in [5.41, 5.74) is 7.08. The van der Waals surface area contributed by atoms with Crippen molar-refractivity contribution in [1.29, 1.82) is 0 Å². The SMILES string of the molecule is CC[C@H](C)[C@H](NC(=O)[C@H](CCSC)NC(=O)Nc1ccc(CN)cc1)C(=O)NCCN1C(=O)C=CC1=O.O=C(O)C(F)(F)F. The Labute approximate surface area is 256 Å². The molecule has 17 heteroatoms. The number of hydrogen-bond acceptors (Lipinski definition) is 8. The van der Waals surface area contributed by atoms with Gasteiger partial charge in [-0.25, -0.2) is 9.59 Å². The Kier molecular flexibility index (Phi) is 16.0. The fourth-order valence-corrected chi connectivity index (χ4v) is 4.03. The predicted octanol–water partition coefficient (Wildman–Crippen LogP) is 1.59. The molecule has 44 heavy (non-hydrogen) atoms. The number of amides is 6. The number of nitrogens with one attached hydrogen (secondary N) is 4. The van der Waals surface area contributed by atoms with E-state index in [0.29, 0.717) is 30.8 Å². The lowest BCUT2D eigenvalue weighted by Gasteiger charge is -2.27. The Bertz CT molecular complexity index is 1180. The normalized spacial score (nSPS) is 14.6. The predicted molar refractivity (Wildman–Crippen MR) is 157 cm³/mol. The second-order valence-electron chi connectivity index (χ2n) is 9.46. The van der Waals surface area contributed by atoms with Crippen LogP contribution in [0.2, 0.25) is 0 Å². The van der Waals surface area contributed by atoms with Crippen LogP contribution in [0.1, 0.15) is 32.3 Å². The molecule has 13 nitrogen and oxygen atoms in total. The lowest BCUT2D eigenvalue weighted by molar-refractivity contribution is -0.192. The molecule has 6 amide bonds. The molecule has 0 unspecified atom stereocenters. The number of nitrogens with zero attached hydrogens (tertiary/aromatic N) is 1. The summed E-state index contributed by atoms with van der Waals surface area (Å²) in [6.07, 6.45) is 0.161. The molecule has 0 saturated heterocycles. The van der Waals surface area contributed by atoms with Gasteiger partial charge in [0.1, 0.15) is 12.1 Å². The van der Waals surface area contributed by atoms with Crippen LogP contribution in [0.15, 0.2) is 36.4 Å². The first-order valence-electron chi connectivity index (χ1n) is 13.4. The maximum absolute atomic E-state index is 13.2. The monoisotopic (exact) mass is 646 g/mol. The van der Waals surface area contributed by atoms with Crippen molar-refractivity contribution in [3.63, 3.8) is 0 Å². The molecule has 3 atom stereocenters. The molecule has 1 heterocycles. The molecule has 0 aromatic heterocycles. The number of carbonyl (C=O) groups is 6.